The zero-order valence-corrected chi connectivity index (χ0v) is 22.8. The lowest BCUT2D eigenvalue weighted by Gasteiger charge is -2.29. The summed E-state index contributed by atoms with van der Waals surface area (Å²) in [4.78, 5) is 15.5. The van der Waals surface area contributed by atoms with Crippen molar-refractivity contribution >= 4 is 5.78 Å². The minimum absolute atomic E-state index is 0.0471. The third-order valence-corrected chi connectivity index (χ3v) is 7.96. The second-order valence-corrected chi connectivity index (χ2v) is 11.1. The molecule has 2 atom stereocenters. The summed E-state index contributed by atoms with van der Waals surface area (Å²) in [6.07, 6.45) is 3.02. The first-order valence-corrected chi connectivity index (χ1v) is 13.6. The Labute approximate surface area is 227 Å². The van der Waals surface area contributed by atoms with Crippen LogP contribution in [0.1, 0.15) is 79.7 Å². The van der Waals surface area contributed by atoms with Crippen LogP contribution in [0.15, 0.2) is 65.8 Å². The average molecular weight is 546 g/mol. The van der Waals surface area contributed by atoms with Gasteiger partial charge in [-0.25, -0.2) is 8.78 Å². The maximum Gasteiger partial charge on any atom is 0.416 e. The van der Waals surface area contributed by atoms with Gasteiger partial charge in [0, 0.05) is 37.4 Å². The van der Waals surface area contributed by atoms with Crippen molar-refractivity contribution < 1.29 is 26.7 Å². The fraction of sp³-hybridized carbons (Fsp3) is 0.469. The molecule has 0 N–H and O–H groups in total. The maximum atomic E-state index is 13.8. The van der Waals surface area contributed by atoms with Crippen LogP contribution in [0.3, 0.4) is 0 Å². The predicted octanol–water partition coefficient (Wildman–Crippen LogP) is 8.54. The molecule has 0 saturated carbocycles. The number of carbonyl (C=O) groups is 1. The van der Waals surface area contributed by atoms with Crippen molar-refractivity contribution in [3.05, 3.63) is 93.6 Å². The van der Waals surface area contributed by atoms with Gasteiger partial charge in [0.25, 0.3) is 5.92 Å². The summed E-state index contributed by atoms with van der Waals surface area (Å²) in [5.41, 5.74) is 2.80. The number of allylic oxidation sites excluding steroid dienone is 2. The number of ketones is 1. The molecule has 0 spiro atoms. The highest BCUT2D eigenvalue weighted by atomic mass is 19.4. The van der Waals surface area contributed by atoms with Gasteiger partial charge in [-0.1, -0.05) is 41.5 Å². The summed E-state index contributed by atoms with van der Waals surface area (Å²) in [7, 11) is 0. The Bertz CT molecular complexity index is 1220. The van der Waals surface area contributed by atoms with E-state index in [1.54, 1.807) is 13.0 Å². The standard InChI is InChI=1S/C32H36F5NO/c1-21(10-11-23-16-25(31(3,33)34)20-26(17-23)32(35,36)37)15-27(39)18-24-12-14-38-13-6-9-30(38)29(19-24)28-8-5-4-7-22(28)2/h4-5,7-8,15-17,19-20,29-30H,6,9-14,18H2,1-3H3. The summed E-state index contributed by atoms with van der Waals surface area (Å²) in [6, 6.07) is 11.4. The van der Waals surface area contributed by atoms with Crippen molar-refractivity contribution in [3.8, 4) is 0 Å². The summed E-state index contributed by atoms with van der Waals surface area (Å²) in [5.74, 6) is -3.20. The largest absolute Gasteiger partial charge is 0.416 e. The maximum absolute atomic E-state index is 13.8. The Morgan fingerprint density at radius 2 is 1.77 bits per heavy atom. The van der Waals surface area contributed by atoms with Gasteiger partial charge in [-0.2, -0.15) is 13.2 Å². The lowest BCUT2D eigenvalue weighted by Crippen LogP contribution is -2.33. The highest BCUT2D eigenvalue weighted by Crippen LogP contribution is 2.38. The normalized spacial score (nSPS) is 20.9. The molecule has 0 aliphatic carbocycles. The molecule has 2 heterocycles. The number of halogens is 5. The molecule has 0 aromatic heterocycles. The Kier molecular flexibility index (Phi) is 8.79. The molecule has 2 aliphatic heterocycles. The van der Waals surface area contributed by atoms with Crippen LogP contribution in [0.4, 0.5) is 22.0 Å². The van der Waals surface area contributed by atoms with E-state index < -0.39 is 23.2 Å². The lowest BCUT2D eigenvalue weighted by atomic mass is 9.85. The Morgan fingerprint density at radius 1 is 1.05 bits per heavy atom. The van der Waals surface area contributed by atoms with E-state index >= 15 is 0 Å². The van der Waals surface area contributed by atoms with E-state index in [4.69, 9.17) is 0 Å². The lowest BCUT2D eigenvalue weighted by molar-refractivity contribution is -0.137. The van der Waals surface area contributed by atoms with Crippen molar-refractivity contribution in [2.45, 2.75) is 83.4 Å². The summed E-state index contributed by atoms with van der Waals surface area (Å²) in [6.45, 7) is 6.47. The van der Waals surface area contributed by atoms with Crippen LogP contribution in [0, 0.1) is 6.92 Å². The van der Waals surface area contributed by atoms with Crippen LogP contribution in [-0.4, -0.2) is 29.8 Å². The zero-order valence-electron chi connectivity index (χ0n) is 22.8. The van der Waals surface area contributed by atoms with Crippen LogP contribution in [0.2, 0.25) is 0 Å². The number of hydrogen-bond donors (Lipinski definition) is 0. The van der Waals surface area contributed by atoms with Crippen molar-refractivity contribution in [1.82, 2.24) is 4.90 Å². The molecular weight excluding hydrogens is 509 g/mol. The third kappa shape index (κ3) is 7.44. The van der Waals surface area contributed by atoms with E-state index in [0.717, 1.165) is 43.6 Å². The van der Waals surface area contributed by atoms with Crippen molar-refractivity contribution in [3.63, 3.8) is 0 Å². The Hall–Kier alpha value is -2.80. The number of carbonyl (C=O) groups excluding carboxylic acids is 1. The molecule has 39 heavy (non-hydrogen) atoms. The second kappa shape index (κ2) is 11.7. The molecule has 1 fully saturated rings. The van der Waals surface area contributed by atoms with E-state index in [2.05, 4.69) is 36.1 Å². The van der Waals surface area contributed by atoms with Gasteiger partial charge in [0.2, 0.25) is 0 Å². The molecule has 7 heteroatoms. The number of benzene rings is 2. The fourth-order valence-electron chi connectivity index (χ4n) is 5.89. The van der Waals surface area contributed by atoms with Crippen LogP contribution < -0.4 is 0 Å². The molecule has 210 valence electrons. The topological polar surface area (TPSA) is 20.3 Å². The molecule has 1 saturated heterocycles. The minimum atomic E-state index is -4.71. The molecule has 0 bridgehead atoms. The van der Waals surface area contributed by atoms with Crippen LogP contribution in [0.25, 0.3) is 0 Å². The minimum Gasteiger partial charge on any atom is -0.299 e. The quantitative estimate of drug-likeness (QED) is 0.188. The third-order valence-electron chi connectivity index (χ3n) is 7.96. The van der Waals surface area contributed by atoms with Gasteiger partial charge in [0.05, 0.1) is 5.56 Å². The first-order valence-electron chi connectivity index (χ1n) is 13.6. The van der Waals surface area contributed by atoms with E-state index in [1.807, 2.05) is 6.07 Å². The van der Waals surface area contributed by atoms with Crippen LogP contribution in [-0.2, 0) is 23.3 Å². The average Bonchev–Trinajstić information content (AvgIpc) is 3.25. The summed E-state index contributed by atoms with van der Waals surface area (Å²) >= 11 is 0. The molecule has 0 amide bonds. The number of fused-ring (bicyclic) bond motifs is 1. The molecule has 4 rings (SSSR count). The first-order chi connectivity index (χ1) is 18.3. The molecule has 2 aromatic rings. The second-order valence-electron chi connectivity index (χ2n) is 11.1. The number of rotatable bonds is 8. The van der Waals surface area contributed by atoms with Crippen molar-refractivity contribution in [2.75, 3.05) is 13.1 Å². The van der Waals surface area contributed by atoms with E-state index in [1.165, 1.54) is 17.5 Å². The van der Waals surface area contributed by atoms with Gasteiger partial charge in [-0.3, -0.25) is 9.69 Å². The molecule has 2 aliphatic rings. The Morgan fingerprint density at radius 3 is 2.46 bits per heavy atom. The molecule has 2 nitrogen and oxygen atoms in total. The van der Waals surface area contributed by atoms with Gasteiger partial charge in [-0.05, 0) is 93.5 Å². The van der Waals surface area contributed by atoms with Crippen molar-refractivity contribution in [2.24, 2.45) is 0 Å². The smallest absolute Gasteiger partial charge is 0.299 e. The van der Waals surface area contributed by atoms with Gasteiger partial charge in [0.15, 0.2) is 5.78 Å². The summed E-state index contributed by atoms with van der Waals surface area (Å²) < 4.78 is 67.5. The van der Waals surface area contributed by atoms with Crippen molar-refractivity contribution in [1.29, 1.82) is 0 Å². The van der Waals surface area contributed by atoms with Crippen LogP contribution >= 0.6 is 0 Å². The fourth-order valence-corrected chi connectivity index (χ4v) is 5.89. The highest BCUT2D eigenvalue weighted by Gasteiger charge is 2.35. The number of nitrogens with zero attached hydrogens (tertiary/aromatic N) is 1. The number of aryl methyl sites for hydroxylation is 2. The highest BCUT2D eigenvalue weighted by molar-refractivity contribution is 5.92. The molecule has 2 aromatic carbocycles. The summed E-state index contributed by atoms with van der Waals surface area (Å²) in [5, 5.41) is 0. The molecule has 0 radical (unpaired) electrons. The zero-order chi connectivity index (χ0) is 28.4. The van der Waals surface area contributed by atoms with E-state index in [9.17, 15) is 26.7 Å². The van der Waals surface area contributed by atoms with Gasteiger partial charge < -0.3 is 0 Å². The number of alkyl halides is 5. The first kappa shape index (κ1) is 29.2. The monoisotopic (exact) mass is 545 g/mol. The van der Waals surface area contributed by atoms with Gasteiger partial charge in [-0.15, -0.1) is 0 Å². The molecular formula is C32H36F5NO. The van der Waals surface area contributed by atoms with E-state index in [-0.39, 0.29) is 23.7 Å². The predicted molar refractivity (Wildman–Crippen MR) is 144 cm³/mol. The molecule has 2 unspecified atom stereocenters. The SMILES string of the molecule is CC(=CC(=O)CC1=CC(c2ccccc2C)C2CCCN2CC1)CCc1cc(C(C)(F)F)cc(C(F)(F)F)c1. The van der Waals surface area contributed by atoms with Gasteiger partial charge >= 0.3 is 6.18 Å². The van der Waals surface area contributed by atoms with Gasteiger partial charge in [0.1, 0.15) is 0 Å². The van der Waals surface area contributed by atoms with E-state index in [0.29, 0.717) is 37.4 Å². The Balaban J connectivity index is 1.47. The van der Waals surface area contributed by atoms with Crippen LogP contribution in [0.5, 0.6) is 0 Å². The number of hydrogen-bond acceptors (Lipinski definition) is 2.